The Morgan fingerprint density at radius 1 is 1.07 bits per heavy atom. The van der Waals surface area contributed by atoms with Crippen molar-refractivity contribution in [2.45, 2.75) is 12.7 Å². The number of thiazole rings is 1. The number of aromatic hydroxyl groups is 2. The van der Waals surface area contributed by atoms with Crippen LogP contribution in [0.2, 0.25) is 0 Å². The molecule has 1 aromatic heterocycles. The Balaban J connectivity index is 1.64. The summed E-state index contributed by atoms with van der Waals surface area (Å²) in [4.78, 5) is 16.4. The lowest BCUT2D eigenvalue weighted by atomic mass is 10.1. The molecule has 0 saturated carbocycles. The van der Waals surface area contributed by atoms with Gasteiger partial charge in [-0.1, -0.05) is 0 Å². The van der Waals surface area contributed by atoms with Crippen molar-refractivity contribution in [3.8, 4) is 22.8 Å². The molecule has 0 aliphatic heterocycles. The van der Waals surface area contributed by atoms with Crippen molar-refractivity contribution in [1.29, 1.82) is 0 Å². The maximum absolute atomic E-state index is 12.5. The van der Waals surface area contributed by atoms with E-state index in [0.717, 1.165) is 24.3 Å². The number of alkyl halides is 3. The van der Waals surface area contributed by atoms with Gasteiger partial charge in [0.2, 0.25) is 0 Å². The van der Waals surface area contributed by atoms with Gasteiger partial charge in [-0.15, -0.1) is 11.3 Å². The molecule has 0 fully saturated rings. The fourth-order valence-corrected chi connectivity index (χ4v) is 3.02. The van der Waals surface area contributed by atoms with Crippen LogP contribution in [0.25, 0.3) is 11.3 Å². The Kier molecular flexibility index (Phi) is 5.04. The Morgan fingerprint density at radius 3 is 2.41 bits per heavy atom. The third-order valence-electron chi connectivity index (χ3n) is 3.70. The minimum Gasteiger partial charge on any atom is -0.504 e. The number of hydrogen-bond donors (Lipinski definition) is 3. The van der Waals surface area contributed by atoms with E-state index < -0.39 is 17.6 Å². The largest absolute Gasteiger partial charge is 0.504 e. The average molecular weight is 394 g/mol. The Morgan fingerprint density at radius 2 is 1.78 bits per heavy atom. The molecule has 3 N–H and O–H groups in total. The van der Waals surface area contributed by atoms with Crippen LogP contribution in [0.4, 0.5) is 13.2 Å². The van der Waals surface area contributed by atoms with Crippen molar-refractivity contribution in [3.63, 3.8) is 0 Å². The van der Waals surface area contributed by atoms with Gasteiger partial charge in [-0.25, -0.2) is 4.98 Å². The first-order chi connectivity index (χ1) is 12.7. The molecule has 3 rings (SSSR count). The average Bonchev–Trinajstić information content (AvgIpc) is 3.10. The standard InChI is InChI=1S/C18H13F3N2O3S/c19-18(20,21)12-4-1-10(2-5-12)17(26)22-8-16-23-13(9-27-16)11-3-6-14(24)15(25)7-11/h1-7,9,24-25H,8H2,(H,22,26). The fourth-order valence-electron chi connectivity index (χ4n) is 2.28. The van der Waals surface area contributed by atoms with Crippen LogP contribution < -0.4 is 5.32 Å². The lowest BCUT2D eigenvalue weighted by Gasteiger charge is -2.07. The van der Waals surface area contributed by atoms with Crippen molar-refractivity contribution in [2.24, 2.45) is 0 Å². The highest BCUT2D eigenvalue weighted by Gasteiger charge is 2.30. The van der Waals surface area contributed by atoms with Crippen molar-refractivity contribution < 1.29 is 28.2 Å². The predicted molar refractivity (Wildman–Crippen MR) is 93.5 cm³/mol. The summed E-state index contributed by atoms with van der Waals surface area (Å²) < 4.78 is 37.6. The van der Waals surface area contributed by atoms with Crippen LogP contribution in [-0.4, -0.2) is 21.1 Å². The van der Waals surface area contributed by atoms with Gasteiger partial charge in [0.1, 0.15) is 5.01 Å². The van der Waals surface area contributed by atoms with E-state index >= 15 is 0 Å². The van der Waals surface area contributed by atoms with E-state index in [0.29, 0.717) is 16.3 Å². The maximum atomic E-state index is 12.5. The molecule has 0 saturated heterocycles. The molecule has 0 spiro atoms. The van der Waals surface area contributed by atoms with Crippen LogP contribution in [-0.2, 0) is 12.7 Å². The molecule has 1 heterocycles. The highest BCUT2D eigenvalue weighted by molar-refractivity contribution is 7.09. The number of carbonyl (C=O) groups is 1. The predicted octanol–water partition coefficient (Wildman–Crippen LogP) is 4.17. The number of nitrogens with one attached hydrogen (secondary N) is 1. The molecule has 2 aromatic carbocycles. The smallest absolute Gasteiger partial charge is 0.416 e. The summed E-state index contributed by atoms with van der Waals surface area (Å²) in [6.45, 7) is 0.106. The van der Waals surface area contributed by atoms with E-state index in [4.69, 9.17) is 0 Å². The third kappa shape index (κ3) is 4.37. The summed E-state index contributed by atoms with van der Waals surface area (Å²) >= 11 is 1.28. The second-order valence-corrected chi connectivity index (χ2v) is 6.53. The van der Waals surface area contributed by atoms with Gasteiger partial charge in [-0.3, -0.25) is 4.79 Å². The number of phenolic OH excluding ortho intramolecular Hbond substituents is 2. The number of phenols is 2. The summed E-state index contributed by atoms with van der Waals surface area (Å²) in [6, 6.07) is 8.25. The summed E-state index contributed by atoms with van der Waals surface area (Å²) in [6.07, 6.45) is -4.45. The first kappa shape index (κ1) is 18.7. The van der Waals surface area contributed by atoms with Gasteiger partial charge < -0.3 is 15.5 Å². The number of hydrogen-bond acceptors (Lipinski definition) is 5. The summed E-state index contributed by atoms with van der Waals surface area (Å²) in [5.41, 5.74) is 0.458. The molecule has 0 aliphatic carbocycles. The molecular formula is C18H13F3N2O3S. The number of halogens is 3. The van der Waals surface area contributed by atoms with Crippen LogP contribution >= 0.6 is 11.3 Å². The highest BCUT2D eigenvalue weighted by Crippen LogP contribution is 2.31. The Bertz CT molecular complexity index is 969. The van der Waals surface area contributed by atoms with Crippen LogP contribution in [0.3, 0.4) is 0 Å². The highest BCUT2D eigenvalue weighted by atomic mass is 32.1. The van der Waals surface area contributed by atoms with E-state index in [9.17, 15) is 28.2 Å². The first-order valence-electron chi connectivity index (χ1n) is 7.66. The molecule has 0 atom stereocenters. The minimum absolute atomic E-state index is 0.106. The molecule has 1 amide bonds. The lowest BCUT2D eigenvalue weighted by Crippen LogP contribution is -2.22. The molecular weight excluding hydrogens is 381 g/mol. The zero-order valence-corrected chi connectivity index (χ0v) is 14.4. The molecule has 9 heteroatoms. The number of nitrogens with zero attached hydrogens (tertiary/aromatic N) is 1. The zero-order chi connectivity index (χ0) is 19.6. The van der Waals surface area contributed by atoms with Gasteiger partial charge in [0.15, 0.2) is 11.5 Å². The van der Waals surface area contributed by atoms with E-state index in [1.165, 1.54) is 23.5 Å². The normalized spacial score (nSPS) is 11.4. The van der Waals surface area contributed by atoms with Crippen LogP contribution in [0.15, 0.2) is 47.8 Å². The van der Waals surface area contributed by atoms with Crippen molar-refractivity contribution in [1.82, 2.24) is 10.3 Å². The quantitative estimate of drug-likeness (QED) is 0.580. The second-order valence-electron chi connectivity index (χ2n) is 5.59. The molecule has 0 aliphatic rings. The monoisotopic (exact) mass is 394 g/mol. The third-order valence-corrected chi connectivity index (χ3v) is 4.55. The molecule has 140 valence electrons. The van der Waals surface area contributed by atoms with Crippen LogP contribution in [0, 0.1) is 0 Å². The van der Waals surface area contributed by atoms with Crippen molar-refractivity contribution in [2.75, 3.05) is 0 Å². The van der Waals surface area contributed by atoms with Gasteiger partial charge in [0.05, 0.1) is 17.8 Å². The van der Waals surface area contributed by atoms with Crippen molar-refractivity contribution >= 4 is 17.2 Å². The number of amides is 1. The molecule has 0 bridgehead atoms. The van der Waals surface area contributed by atoms with Crippen molar-refractivity contribution in [3.05, 3.63) is 64.0 Å². The van der Waals surface area contributed by atoms with E-state index in [1.54, 1.807) is 11.4 Å². The molecule has 0 radical (unpaired) electrons. The molecule has 27 heavy (non-hydrogen) atoms. The van der Waals surface area contributed by atoms with E-state index in [1.807, 2.05) is 0 Å². The van der Waals surface area contributed by atoms with Gasteiger partial charge in [-0.05, 0) is 42.5 Å². The second kappa shape index (κ2) is 7.28. The molecule has 5 nitrogen and oxygen atoms in total. The zero-order valence-electron chi connectivity index (χ0n) is 13.6. The van der Waals surface area contributed by atoms with E-state index in [-0.39, 0.29) is 23.6 Å². The summed E-state index contributed by atoms with van der Waals surface area (Å²) in [5, 5.41) is 23.8. The number of rotatable bonds is 4. The molecule has 0 unspecified atom stereocenters. The van der Waals surface area contributed by atoms with Gasteiger partial charge >= 0.3 is 6.18 Å². The van der Waals surface area contributed by atoms with Crippen LogP contribution in [0.1, 0.15) is 20.9 Å². The Labute approximate surface area is 155 Å². The Hall–Kier alpha value is -3.07. The lowest BCUT2D eigenvalue weighted by molar-refractivity contribution is -0.137. The fraction of sp³-hybridized carbons (Fsp3) is 0.111. The number of carbonyl (C=O) groups excluding carboxylic acids is 1. The first-order valence-corrected chi connectivity index (χ1v) is 8.54. The topological polar surface area (TPSA) is 82.5 Å². The summed E-state index contributed by atoms with van der Waals surface area (Å²) in [7, 11) is 0. The van der Waals surface area contributed by atoms with Crippen LogP contribution in [0.5, 0.6) is 11.5 Å². The number of aromatic nitrogens is 1. The maximum Gasteiger partial charge on any atom is 0.416 e. The molecule has 3 aromatic rings. The summed E-state index contributed by atoms with van der Waals surface area (Å²) in [5.74, 6) is -1.02. The van der Waals surface area contributed by atoms with E-state index in [2.05, 4.69) is 10.3 Å². The minimum atomic E-state index is -4.45. The number of benzene rings is 2. The van der Waals surface area contributed by atoms with Gasteiger partial charge in [-0.2, -0.15) is 13.2 Å². The van der Waals surface area contributed by atoms with Gasteiger partial charge in [0.25, 0.3) is 5.91 Å². The SMILES string of the molecule is O=C(NCc1nc(-c2ccc(O)c(O)c2)cs1)c1ccc(C(F)(F)F)cc1. The van der Waals surface area contributed by atoms with Gasteiger partial charge in [0, 0.05) is 16.5 Å².